The molecule has 0 spiro atoms. The maximum absolute atomic E-state index is 13.7. The van der Waals surface area contributed by atoms with Crippen LogP contribution in [0.5, 0.6) is 0 Å². The van der Waals surface area contributed by atoms with Gasteiger partial charge in [-0.2, -0.15) is 0 Å². The maximum atomic E-state index is 13.7. The van der Waals surface area contributed by atoms with Crippen molar-refractivity contribution >= 4 is 44.0 Å². The van der Waals surface area contributed by atoms with E-state index in [0.29, 0.717) is 5.39 Å². The van der Waals surface area contributed by atoms with Crippen LogP contribution in [0.2, 0.25) is 0 Å². The Bertz CT molecular complexity index is 1940. The van der Waals surface area contributed by atoms with E-state index in [-0.39, 0.29) is 5.56 Å². The summed E-state index contributed by atoms with van der Waals surface area (Å²) in [7, 11) is 0. The number of benzene rings is 4. The van der Waals surface area contributed by atoms with Gasteiger partial charge in [0, 0.05) is 33.1 Å². The predicted octanol–water partition coefficient (Wildman–Crippen LogP) is 6.33. The Balaban J connectivity index is 1.72. The van der Waals surface area contributed by atoms with Crippen LogP contribution in [0, 0.1) is 0 Å². The first-order valence-corrected chi connectivity index (χ1v) is 11.2. The Morgan fingerprint density at radius 1 is 0.618 bits per heavy atom. The van der Waals surface area contributed by atoms with E-state index in [2.05, 4.69) is 28.2 Å². The SMILES string of the molecule is Nc1ccc(-c2[nH]c3ccccc3c2-c2c3ccccc3n3c(=O)c4ccccc4[nH]c23)cc1. The minimum atomic E-state index is -0.0272. The van der Waals surface area contributed by atoms with Crippen molar-refractivity contribution in [1.82, 2.24) is 14.4 Å². The first kappa shape index (κ1) is 18.8. The zero-order valence-corrected chi connectivity index (χ0v) is 18.2. The number of aromatic nitrogens is 3. The molecule has 5 heteroatoms. The van der Waals surface area contributed by atoms with Gasteiger partial charge < -0.3 is 15.7 Å². The topological polar surface area (TPSA) is 79.1 Å². The van der Waals surface area contributed by atoms with Crippen molar-refractivity contribution in [3.8, 4) is 22.4 Å². The molecule has 3 heterocycles. The van der Waals surface area contributed by atoms with E-state index in [1.165, 1.54) is 0 Å². The molecule has 162 valence electrons. The zero-order chi connectivity index (χ0) is 22.8. The van der Waals surface area contributed by atoms with E-state index in [0.717, 1.165) is 61.0 Å². The first-order valence-electron chi connectivity index (χ1n) is 11.2. The summed E-state index contributed by atoms with van der Waals surface area (Å²) in [5.74, 6) is 0. The molecule has 0 unspecified atom stereocenters. The van der Waals surface area contributed by atoms with Gasteiger partial charge in [-0.05, 0) is 42.0 Å². The molecule has 0 bridgehead atoms. The summed E-state index contributed by atoms with van der Waals surface area (Å²) in [6, 6.07) is 31.9. The largest absolute Gasteiger partial charge is 0.399 e. The fourth-order valence-corrected chi connectivity index (χ4v) is 5.12. The van der Waals surface area contributed by atoms with Crippen molar-refractivity contribution in [3.63, 3.8) is 0 Å². The molecule has 3 aromatic heterocycles. The van der Waals surface area contributed by atoms with Crippen molar-refractivity contribution < 1.29 is 0 Å². The molecule has 0 aliphatic rings. The van der Waals surface area contributed by atoms with Gasteiger partial charge in [0.05, 0.1) is 22.1 Å². The van der Waals surface area contributed by atoms with Gasteiger partial charge in [-0.3, -0.25) is 9.20 Å². The zero-order valence-electron chi connectivity index (χ0n) is 18.2. The Morgan fingerprint density at radius 3 is 2.00 bits per heavy atom. The average molecular weight is 441 g/mol. The van der Waals surface area contributed by atoms with E-state index in [4.69, 9.17) is 5.73 Å². The summed E-state index contributed by atoms with van der Waals surface area (Å²) >= 11 is 0. The minimum absolute atomic E-state index is 0.0272. The van der Waals surface area contributed by atoms with E-state index in [1.807, 2.05) is 83.3 Å². The highest BCUT2D eigenvalue weighted by atomic mass is 16.1. The number of anilines is 1. The van der Waals surface area contributed by atoms with E-state index in [9.17, 15) is 4.79 Å². The number of H-pyrrole nitrogens is 2. The number of nitrogens with one attached hydrogen (secondary N) is 2. The molecule has 5 nitrogen and oxygen atoms in total. The number of fused-ring (bicyclic) bond motifs is 5. The number of aromatic amines is 2. The van der Waals surface area contributed by atoms with Gasteiger partial charge in [-0.25, -0.2) is 0 Å². The predicted molar refractivity (Wildman–Crippen MR) is 140 cm³/mol. The number of nitrogens with zero attached hydrogens (tertiary/aromatic N) is 1. The van der Waals surface area contributed by atoms with Crippen LogP contribution in [0.25, 0.3) is 60.7 Å². The molecule has 0 amide bonds. The van der Waals surface area contributed by atoms with E-state index >= 15 is 0 Å². The van der Waals surface area contributed by atoms with Crippen LogP contribution in [0.1, 0.15) is 0 Å². The molecule has 7 rings (SSSR count). The number of para-hydroxylation sites is 3. The second-order valence-corrected chi connectivity index (χ2v) is 8.59. The molecule has 7 aromatic rings. The fraction of sp³-hybridized carbons (Fsp3) is 0. The number of nitrogen functional groups attached to an aromatic ring is 1. The van der Waals surface area contributed by atoms with Gasteiger partial charge in [-0.15, -0.1) is 0 Å². The monoisotopic (exact) mass is 440 g/mol. The van der Waals surface area contributed by atoms with Crippen molar-refractivity contribution in [2.24, 2.45) is 0 Å². The third-order valence-corrected chi connectivity index (χ3v) is 6.64. The van der Waals surface area contributed by atoms with Gasteiger partial charge in [0.25, 0.3) is 5.56 Å². The lowest BCUT2D eigenvalue weighted by atomic mass is 9.97. The molecule has 34 heavy (non-hydrogen) atoms. The minimum Gasteiger partial charge on any atom is -0.399 e. The lowest BCUT2D eigenvalue weighted by Gasteiger charge is -2.08. The normalized spacial score (nSPS) is 11.8. The number of hydrogen-bond donors (Lipinski definition) is 3. The average Bonchev–Trinajstić information content (AvgIpc) is 3.40. The molecule has 0 aliphatic carbocycles. The lowest BCUT2D eigenvalue weighted by Crippen LogP contribution is -2.13. The van der Waals surface area contributed by atoms with Crippen molar-refractivity contribution in [2.75, 3.05) is 5.73 Å². The third-order valence-electron chi connectivity index (χ3n) is 6.64. The number of rotatable bonds is 2. The molecule has 4 N–H and O–H groups in total. The molecule has 0 fully saturated rings. The van der Waals surface area contributed by atoms with Crippen LogP contribution < -0.4 is 11.3 Å². The van der Waals surface area contributed by atoms with Gasteiger partial charge in [0.2, 0.25) is 0 Å². The number of nitrogens with two attached hydrogens (primary N) is 1. The van der Waals surface area contributed by atoms with Crippen molar-refractivity contribution in [3.05, 3.63) is 107 Å². The highest BCUT2D eigenvalue weighted by Gasteiger charge is 2.23. The summed E-state index contributed by atoms with van der Waals surface area (Å²) in [4.78, 5) is 20.9. The highest BCUT2D eigenvalue weighted by Crippen LogP contribution is 2.44. The Hall–Kier alpha value is -4.77. The van der Waals surface area contributed by atoms with E-state index < -0.39 is 0 Å². The molecule has 0 radical (unpaired) electrons. The molecule has 0 atom stereocenters. The molecule has 4 aromatic carbocycles. The summed E-state index contributed by atoms with van der Waals surface area (Å²) < 4.78 is 1.81. The smallest absolute Gasteiger partial charge is 0.266 e. The molecular weight excluding hydrogens is 420 g/mol. The Morgan fingerprint density at radius 2 is 1.24 bits per heavy atom. The summed E-state index contributed by atoms with van der Waals surface area (Å²) in [6.07, 6.45) is 0. The first-order chi connectivity index (χ1) is 16.7. The second-order valence-electron chi connectivity index (χ2n) is 8.59. The Labute approximate surface area is 194 Å². The molecular formula is C29H20N4O. The van der Waals surface area contributed by atoms with Gasteiger partial charge >= 0.3 is 0 Å². The summed E-state index contributed by atoms with van der Waals surface area (Å²) in [5.41, 5.74) is 14.3. The van der Waals surface area contributed by atoms with Crippen LogP contribution in [0.4, 0.5) is 5.69 Å². The van der Waals surface area contributed by atoms with Crippen LogP contribution in [0.15, 0.2) is 102 Å². The van der Waals surface area contributed by atoms with Gasteiger partial charge in [0.1, 0.15) is 5.65 Å². The van der Waals surface area contributed by atoms with Crippen LogP contribution in [-0.2, 0) is 0 Å². The Kier molecular flexibility index (Phi) is 3.79. The highest BCUT2D eigenvalue weighted by molar-refractivity contribution is 6.15. The molecule has 0 saturated carbocycles. The lowest BCUT2D eigenvalue weighted by molar-refractivity contribution is 1.15. The summed E-state index contributed by atoms with van der Waals surface area (Å²) in [6.45, 7) is 0. The van der Waals surface area contributed by atoms with Gasteiger partial charge in [0.15, 0.2) is 0 Å². The second kappa shape index (κ2) is 6.86. The summed E-state index contributed by atoms with van der Waals surface area (Å²) in [5, 5.41) is 2.79. The molecule has 0 saturated heterocycles. The molecule has 0 aliphatic heterocycles. The van der Waals surface area contributed by atoms with Crippen LogP contribution >= 0.6 is 0 Å². The fourth-order valence-electron chi connectivity index (χ4n) is 5.12. The van der Waals surface area contributed by atoms with Crippen molar-refractivity contribution in [2.45, 2.75) is 0 Å². The van der Waals surface area contributed by atoms with Crippen LogP contribution in [-0.4, -0.2) is 14.4 Å². The third kappa shape index (κ3) is 2.52. The van der Waals surface area contributed by atoms with Crippen LogP contribution in [0.3, 0.4) is 0 Å². The van der Waals surface area contributed by atoms with E-state index in [1.54, 1.807) is 0 Å². The maximum Gasteiger partial charge on any atom is 0.266 e. The van der Waals surface area contributed by atoms with Crippen molar-refractivity contribution in [1.29, 1.82) is 0 Å². The quantitative estimate of drug-likeness (QED) is 0.275. The standard InChI is InChI=1S/C29H20N4O/c30-18-15-13-17(14-16-18)27-25(19-7-1-4-10-22(19)31-27)26-21-9-3-6-12-24(21)33-28(26)32-23-11-5-2-8-20(23)29(33)34/h1-16,31-32H,30H2. The number of hydrogen-bond acceptors (Lipinski definition) is 2. The van der Waals surface area contributed by atoms with Gasteiger partial charge in [-0.1, -0.05) is 60.7 Å².